The van der Waals surface area contributed by atoms with Crippen LogP contribution in [0.15, 0.2) is 41.2 Å². The summed E-state index contributed by atoms with van der Waals surface area (Å²) in [5.41, 5.74) is 0.975. The first-order valence-corrected chi connectivity index (χ1v) is 9.90. The van der Waals surface area contributed by atoms with Gasteiger partial charge in [-0.3, -0.25) is 4.79 Å². The molecule has 0 aliphatic carbocycles. The minimum atomic E-state index is -1.34. The second-order valence-electron chi connectivity index (χ2n) is 7.02. The first kappa shape index (κ1) is 21.4. The van der Waals surface area contributed by atoms with E-state index in [2.05, 4.69) is 4.98 Å². The van der Waals surface area contributed by atoms with Crippen molar-refractivity contribution < 1.29 is 49.4 Å². The normalized spacial score (nSPS) is 24.8. The van der Waals surface area contributed by atoms with Gasteiger partial charge in [0.2, 0.25) is 5.91 Å². The Morgan fingerprint density at radius 3 is 2.86 bits per heavy atom. The molecule has 4 heterocycles. The molecule has 142 valence electrons. The monoisotopic (exact) mass is 409 g/mol. The van der Waals surface area contributed by atoms with Crippen LogP contribution in [0.25, 0.3) is 5.52 Å². The number of nitrogens with zero attached hydrogens (tertiary/aromatic N) is 3. The summed E-state index contributed by atoms with van der Waals surface area (Å²) in [6.45, 7) is 3.47. The fourth-order valence-corrected chi connectivity index (χ4v) is 5.37. The minimum absolute atomic E-state index is 0. The Hall–Kier alpha value is -1.32. The number of pyridine rings is 1. The molecule has 1 N–H and O–H groups in total. The van der Waals surface area contributed by atoms with Gasteiger partial charge < -0.3 is 24.3 Å². The van der Waals surface area contributed by atoms with Crippen molar-refractivity contribution in [2.24, 2.45) is 11.8 Å². The molecule has 0 saturated carbocycles. The number of rotatable bonds is 6. The number of carboxylic acids is 1. The number of β-lactam (4-membered cyclic amide) rings is 1. The first-order chi connectivity index (χ1) is 12.9. The predicted molar refractivity (Wildman–Crippen MR) is 98.4 cm³/mol. The third-order valence-corrected chi connectivity index (χ3v) is 6.68. The molecule has 0 bridgehead atoms. The van der Waals surface area contributed by atoms with Gasteiger partial charge in [-0.25, -0.2) is 4.98 Å². The summed E-state index contributed by atoms with van der Waals surface area (Å²) in [5, 5.41) is 21.6. The number of hydrogen-bond acceptors (Lipinski definition) is 6. The zero-order valence-electron chi connectivity index (χ0n) is 16.0. The molecule has 28 heavy (non-hydrogen) atoms. The van der Waals surface area contributed by atoms with Gasteiger partial charge in [0.05, 0.1) is 41.4 Å². The fourth-order valence-electron chi connectivity index (χ4n) is 4.14. The van der Waals surface area contributed by atoms with Crippen molar-refractivity contribution in [2.45, 2.75) is 32.4 Å². The van der Waals surface area contributed by atoms with Gasteiger partial charge in [0.15, 0.2) is 0 Å². The van der Waals surface area contributed by atoms with Crippen molar-refractivity contribution in [3.8, 4) is 0 Å². The van der Waals surface area contributed by atoms with Crippen molar-refractivity contribution in [3.63, 3.8) is 0 Å². The van der Waals surface area contributed by atoms with Crippen LogP contribution in [0.4, 0.5) is 0 Å². The van der Waals surface area contributed by atoms with E-state index in [-0.39, 0.29) is 53.1 Å². The van der Waals surface area contributed by atoms with Gasteiger partial charge in [-0.1, -0.05) is 13.0 Å². The number of imidazole rings is 1. The number of amides is 1. The largest absolute Gasteiger partial charge is 1.00 e. The Kier molecular flexibility index (Phi) is 6.26. The van der Waals surface area contributed by atoms with E-state index in [1.165, 1.54) is 16.7 Å². The smallest absolute Gasteiger partial charge is 0.543 e. The molecule has 4 atom stereocenters. The molecular formula is C19H20N3NaO4S. The Balaban J connectivity index is 0.00000225. The summed E-state index contributed by atoms with van der Waals surface area (Å²) < 4.78 is 2.01. The quantitative estimate of drug-likeness (QED) is 0.416. The van der Waals surface area contributed by atoms with E-state index < -0.39 is 18.0 Å². The van der Waals surface area contributed by atoms with E-state index in [0.29, 0.717) is 17.1 Å². The minimum Gasteiger partial charge on any atom is -0.543 e. The van der Waals surface area contributed by atoms with Crippen LogP contribution >= 0.6 is 11.8 Å². The molecule has 1 saturated heterocycles. The second kappa shape index (κ2) is 8.20. The van der Waals surface area contributed by atoms with Crippen LogP contribution in [0.2, 0.25) is 0 Å². The molecule has 2 aliphatic heterocycles. The van der Waals surface area contributed by atoms with E-state index in [9.17, 15) is 19.8 Å². The maximum absolute atomic E-state index is 12.3. The number of carboxylic acid groups (broad SMARTS) is 1. The van der Waals surface area contributed by atoms with Crippen LogP contribution in [0.5, 0.6) is 0 Å². The summed E-state index contributed by atoms with van der Waals surface area (Å²) in [7, 11) is 0. The Morgan fingerprint density at radius 1 is 1.43 bits per heavy atom. The molecule has 0 unspecified atom stereocenters. The van der Waals surface area contributed by atoms with Crippen molar-refractivity contribution in [1.82, 2.24) is 14.3 Å². The molecule has 7 nitrogen and oxygen atoms in total. The molecule has 1 amide bonds. The first-order valence-electron chi connectivity index (χ1n) is 8.92. The van der Waals surface area contributed by atoms with E-state index in [0.717, 1.165) is 11.3 Å². The van der Waals surface area contributed by atoms with Gasteiger partial charge in [-0.05, 0) is 19.1 Å². The van der Waals surface area contributed by atoms with Gasteiger partial charge in [0.25, 0.3) is 0 Å². The van der Waals surface area contributed by atoms with Crippen molar-refractivity contribution in [3.05, 3.63) is 47.0 Å². The third-order valence-electron chi connectivity index (χ3n) is 5.40. The van der Waals surface area contributed by atoms with Gasteiger partial charge in [-0.15, -0.1) is 11.8 Å². The molecule has 9 heteroatoms. The topological polar surface area (TPSA) is 98.0 Å². The van der Waals surface area contributed by atoms with E-state index in [1.54, 1.807) is 6.92 Å². The van der Waals surface area contributed by atoms with Crippen LogP contribution < -0.4 is 34.7 Å². The second-order valence-corrected chi connectivity index (χ2v) is 8.16. The molecular weight excluding hydrogens is 389 g/mol. The number of aryl methyl sites for hydroxylation is 1. The number of aliphatic hydroxyl groups excluding tert-OH is 1. The molecule has 4 rings (SSSR count). The SMILES string of the molecule is C[C@@H](O)[C@H]1C(=O)N2C(C(=O)[O-])=C(SCCc3ncc4ccccn34)[C@H](C)[C@H]12.[Na+]. The molecule has 2 aromatic rings. The summed E-state index contributed by atoms with van der Waals surface area (Å²) in [5.74, 6) is -0.827. The molecule has 2 aliphatic rings. The zero-order valence-corrected chi connectivity index (χ0v) is 18.8. The summed E-state index contributed by atoms with van der Waals surface area (Å²) in [6, 6.07) is 5.56. The number of carbonyl (C=O) groups excluding carboxylic acids is 2. The van der Waals surface area contributed by atoms with Crippen LogP contribution in [-0.4, -0.2) is 49.2 Å². The molecule has 0 radical (unpaired) electrons. The Morgan fingerprint density at radius 2 is 2.18 bits per heavy atom. The maximum Gasteiger partial charge on any atom is 1.00 e. The average Bonchev–Trinajstić information content (AvgIpc) is 3.13. The summed E-state index contributed by atoms with van der Waals surface area (Å²) in [6.07, 6.45) is 3.62. The van der Waals surface area contributed by atoms with Crippen molar-refractivity contribution in [1.29, 1.82) is 0 Å². The number of aliphatic carboxylic acids is 1. The number of thioether (sulfide) groups is 1. The molecule has 2 aromatic heterocycles. The Labute approximate surface area is 189 Å². The van der Waals surface area contributed by atoms with Crippen LogP contribution in [0.1, 0.15) is 19.7 Å². The third kappa shape index (κ3) is 3.31. The Bertz CT molecular complexity index is 958. The summed E-state index contributed by atoms with van der Waals surface area (Å²) >= 11 is 1.43. The molecule has 1 fully saturated rings. The summed E-state index contributed by atoms with van der Waals surface area (Å²) in [4.78, 5) is 30.4. The van der Waals surface area contributed by atoms with Gasteiger partial charge in [0, 0.05) is 29.2 Å². The van der Waals surface area contributed by atoms with Crippen molar-refractivity contribution >= 4 is 29.2 Å². The van der Waals surface area contributed by atoms with Crippen LogP contribution in [0, 0.1) is 11.8 Å². The predicted octanol–water partition coefficient (Wildman–Crippen LogP) is -2.57. The maximum atomic E-state index is 12.3. The molecule has 0 spiro atoms. The fraction of sp³-hybridized carbons (Fsp3) is 0.421. The van der Waals surface area contributed by atoms with Gasteiger partial charge in [-0.2, -0.15) is 0 Å². The number of carbonyl (C=O) groups is 2. The van der Waals surface area contributed by atoms with E-state index >= 15 is 0 Å². The average molecular weight is 409 g/mol. The van der Waals surface area contributed by atoms with Crippen LogP contribution in [0.3, 0.4) is 0 Å². The van der Waals surface area contributed by atoms with Gasteiger partial charge in [0.1, 0.15) is 5.82 Å². The van der Waals surface area contributed by atoms with E-state index in [1.807, 2.05) is 41.9 Å². The van der Waals surface area contributed by atoms with Crippen molar-refractivity contribution in [2.75, 3.05) is 5.75 Å². The van der Waals surface area contributed by atoms with E-state index in [4.69, 9.17) is 0 Å². The zero-order chi connectivity index (χ0) is 19.3. The number of hydrogen-bond donors (Lipinski definition) is 1. The number of fused-ring (bicyclic) bond motifs is 2. The molecule has 0 aromatic carbocycles. The van der Waals surface area contributed by atoms with Crippen LogP contribution in [-0.2, 0) is 16.0 Å². The number of aliphatic hydroxyl groups is 1. The standard InChI is InChI=1S/C19H21N3O4S.Na/c1-10-15-14(11(2)23)18(24)22(15)16(19(25)26)17(10)27-8-6-13-20-9-12-5-3-4-7-21(12)13;/h3-5,7,9-11,14-15,23H,6,8H2,1-2H3,(H,25,26);/q;+1/p-1/t10-,11-,14-,15-;/m1./s1. The number of aromatic nitrogens is 2. The van der Waals surface area contributed by atoms with Gasteiger partial charge >= 0.3 is 29.6 Å².